The molecular weight excluding hydrogens is 436 g/mol. The van der Waals surface area contributed by atoms with Crippen molar-refractivity contribution in [2.45, 2.75) is 26.3 Å². The van der Waals surface area contributed by atoms with Gasteiger partial charge in [0.05, 0.1) is 11.4 Å². The topological polar surface area (TPSA) is 58.8 Å². The molecule has 1 N–H and O–H groups in total. The molecule has 1 aliphatic rings. The number of carbonyl (C=O) groups is 1. The molecule has 0 unspecified atom stereocenters. The van der Waals surface area contributed by atoms with Gasteiger partial charge in [-0.1, -0.05) is 59.6 Å². The van der Waals surface area contributed by atoms with Crippen molar-refractivity contribution in [3.8, 4) is 11.3 Å². The lowest BCUT2D eigenvalue weighted by atomic mass is 10.1. The molecule has 0 fully saturated rings. The Kier molecular flexibility index (Phi) is 5.54. The fourth-order valence-electron chi connectivity index (χ4n) is 3.09. The van der Waals surface area contributed by atoms with Gasteiger partial charge in [0.2, 0.25) is 4.80 Å². The van der Waals surface area contributed by atoms with E-state index in [-0.39, 0.29) is 5.91 Å². The number of hydrogen-bond acceptors (Lipinski definition) is 4. The van der Waals surface area contributed by atoms with Gasteiger partial charge in [0.25, 0.3) is 5.91 Å². The molecule has 142 valence electrons. The van der Waals surface area contributed by atoms with E-state index in [4.69, 9.17) is 0 Å². The van der Waals surface area contributed by atoms with Crippen LogP contribution in [0.3, 0.4) is 0 Å². The third kappa shape index (κ3) is 3.72. The molecule has 2 aromatic carbocycles. The monoisotopic (exact) mass is 454 g/mol. The molecule has 0 aliphatic carbocycles. The quantitative estimate of drug-likeness (QED) is 0.539. The molecule has 28 heavy (non-hydrogen) atoms. The van der Waals surface area contributed by atoms with Crippen LogP contribution in [0, 0.1) is 0 Å². The predicted octanol–water partition coefficient (Wildman–Crippen LogP) is 5.04. The summed E-state index contributed by atoms with van der Waals surface area (Å²) >= 11 is 5.02. The smallest absolute Gasteiger partial charge is 0.276 e. The van der Waals surface area contributed by atoms with Crippen LogP contribution in [0.15, 0.2) is 68.6 Å². The highest BCUT2D eigenvalue weighted by molar-refractivity contribution is 9.10. The summed E-state index contributed by atoms with van der Waals surface area (Å²) in [7, 11) is 0. The zero-order valence-electron chi connectivity index (χ0n) is 15.4. The molecule has 1 aliphatic heterocycles. The Hall–Kier alpha value is -2.51. The number of unbranched alkanes of at least 4 members (excludes halogenated alkanes) is 1. The van der Waals surface area contributed by atoms with E-state index in [9.17, 15) is 4.79 Å². The summed E-state index contributed by atoms with van der Waals surface area (Å²) in [5, 5.41) is 13.7. The molecule has 7 heteroatoms. The van der Waals surface area contributed by atoms with Crippen LogP contribution in [0.4, 0.5) is 5.69 Å². The summed E-state index contributed by atoms with van der Waals surface area (Å²) in [6, 6.07) is 15.8. The van der Waals surface area contributed by atoms with Crippen molar-refractivity contribution in [3.63, 3.8) is 0 Å². The number of carbonyl (C=O) groups excluding carboxylic acids is 1. The number of aromatic nitrogens is 1. The Morgan fingerprint density at radius 2 is 1.89 bits per heavy atom. The number of halogens is 1. The first kappa shape index (κ1) is 18.8. The molecule has 3 aromatic rings. The normalized spacial score (nSPS) is 15.1. The number of nitrogens with one attached hydrogen (secondary N) is 1. The maximum absolute atomic E-state index is 12.3. The number of hydrogen-bond donors (Lipinski definition) is 1. The fourth-order valence-corrected chi connectivity index (χ4v) is 4.24. The second-order valence-electron chi connectivity index (χ2n) is 6.46. The van der Waals surface area contributed by atoms with E-state index >= 15 is 0 Å². The summed E-state index contributed by atoms with van der Waals surface area (Å²) in [6.45, 7) is 3.03. The van der Waals surface area contributed by atoms with Crippen LogP contribution < -0.4 is 10.1 Å². The zero-order valence-corrected chi connectivity index (χ0v) is 17.8. The van der Waals surface area contributed by atoms with Crippen LogP contribution in [-0.2, 0) is 11.3 Å². The lowest BCUT2D eigenvalue weighted by molar-refractivity contribution is -0.110. The van der Waals surface area contributed by atoms with Crippen molar-refractivity contribution in [2.75, 3.05) is 5.32 Å². The molecule has 0 saturated heterocycles. The van der Waals surface area contributed by atoms with E-state index in [0.717, 1.165) is 51.2 Å². The van der Waals surface area contributed by atoms with Crippen molar-refractivity contribution in [3.05, 3.63) is 68.7 Å². The van der Waals surface area contributed by atoms with Crippen LogP contribution in [0.5, 0.6) is 0 Å². The average Bonchev–Trinajstić information content (AvgIpc) is 3.25. The largest absolute Gasteiger partial charge is 0.320 e. The molecule has 0 atom stereocenters. The fraction of sp³-hybridized carbons (Fsp3) is 0.190. The van der Waals surface area contributed by atoms with Crippen LogP contribution in [0.25, 0.3) is 11.3 Å². The number of thiazole rings is 1. The first-order chi connectivity index (χ1) is 13.7. The lowest BCUT2D eigenvalue weighted by Gasteiger charge is -2.08. The summed E-state index contributed by atoms with van der Waals surface area (Å²) in [5.74, 6) is -0.213. The average molecular weight is 455 g/mol. The van der Waals surface area contributed by atoms with Crippen LogP contribution in [0.1, 0.15) is 25.3 Å². The molecule has 1 amide bonds. The Balaban J connectivity index is 1.77. The molecule has 5 nitrogen and oxygen atoms in total. The van der Waals surface area contributed by atoms with Gasteiger partial charge in [-0.25, -0.2) is 0 Å². The van der Waals surface area contributed by atoms with Crippen molar-refractivity contribution in [1.29, 1.82) is 0 Å². The predicted molar refractivity (Wildman–Crippen MR) is 118 cm³/mol. The maximum Gasteiger partial charge on any atom is 0.276 e. The minimum absolute atomic E-state index is 0.213. The first-order valence-corrected chi connectivity index (χ1v) is 10.8. The highest BCUT2D eigenvalue weighted by atomic mass is 79.9. The third-order valence-electron chi connectivity index (χ3n) is 4.55. The number of benzene rings is 2. The van der Waals surface area contributed by atoms with Gasteiger partial charge in [-0.2, -0.15) is 0 Å². The molecule has 2 heterocycles. The SMILES string of the molecule is CCCCn1c(-c2ccc(Br)cc2)cs/c1=N\N=C1\C(=O)Nc2ccccc21. The molecule has 0 saturated carbocycles. The van der Waals surface area contributed by atoms with Gasteiger partial charge in [0.1, 0.15) is 0 Å². The zero-order chi connectivity index (χ0) is 19.5. The second-order valence-corrected chi connectivity index (χ2v) is 8.22. The minimum atomic E-state index is -0.213. The summed E-state index contributed by atoms with van der Waals surface area (Å²) in [6.07, 6.45) is 2.14. The van der Waals surface area contributed by atoms with Gasteiger partial charge in [0.15, 0.2) is 5.71 Å². The van der Waals surface area contributed by atoms with Crippen molar-refractivity contribution < 1.29 is 4.79 Å². The van der Waals surface area contributed by atoms with Crippen molar-refractivity contribution >= 4 is 44.6 Å². The minimum Gasteiger partial charge on any atom is -0.320 e. The van der Waals surface area contributed by atoms with Gasteiger partial charge in [-0.3, -0.25) is 4.79 Å². The van der Waals surface area contributed by atoms with Gasteiger partial charge in [-0.15, -0.1) is 21.5 Å². The Morgan fingerprint density at radius 3 is 2.68 bits per heavy atom. The van der Waals surface area contributed by atoms with Crippen molar-refractivity contribution in [2.24, 2.45) is 10.2 Å². The first-order valence-electron chi connectivity index (χ1n) is 9.14. The molecule has 0 spiro atoms. The highest BCUT2D eigenvalue weighted by Crippen LogP contribution is 2.24. The third-order valence-corrected chi connectivity index (χ3v) is 5.94. The molecule has 1 aromatic heterocycles. The highest BCUT2D eigenvalue weighted by Gasteiger charge is 2.25. The maximum atomic E-state index is 12.3. The van der Waals surface area contributed by atoms with Gasteiger partial charge in [-0.05, 0) is 30.2 Å². The van der Waals surface area contributed by atoms with E-state index in [1.54, 1.807) is 0 Å². The number of nitrogens with zero attached hydrogens (tertiary/aromatic N) is 3. The van der Waals surface area contributed by atoms with E-state index in [1.165, 1.54) is 11.3 Å². The molecule has 0 bridgehead atoms. The number of anilines is 1. The Morgan fingerprint density at radius 1 is 1.11 bits per heavy atom. The van der Waals surface area contributed by atoms with Crippen LogP contribution >= 0.6 is 27.3 Å². The lowest BCUT2D eigenvalue weighted by Crippen LogP contribution is -2.17. The van der Waals surface area contributed by atoms with E-state index in [2.05, 4.69) is 60.5 Å². The molecule has 0 radical (unpaired) electrons. The molecule has 4 rings (SSSR count). The van der Waals surface area contributed by atoms with E-state index in [0.29, 0.717) is 5.71 Å². The van der Waals surface area contributed by atoms with Crippen LogP contribution in [0.2, 0.25) is 0 Å². The Labute approximate surface area is 175 Å². The summed E-state index contributed by atoms with van der Waals surface area (Å²) in [5.41, 5.74) is 4.18. The summed E-state index contributed by atoms with van der Waals surface area (Å²) in [4.78, 5) is 13.0. The van der Waals surface area contributed by atoms with E-state index < -0.39 is 0 Å². The standard InChI is InChI=1S/C21H19BrN4OS/c1-2-3-12-26-18(14-8-10-15(22)11-9-14)13-28-21(26)25-24-19-16-6-4-5-7-17(16)23-20(19)27/h4-11,13H,2-3,12H2,1H3,(H,23,24,27)/b25-21-. The van der Waals surface area contributed by atoms with Gasteiger partial charge >= 0.3 is 0 Å². The van der Waals surface area contributed by atoms with Gasteiger partial charge in [0, 0.05) is 22.0 Å². The van der Waals surface area contributed by atoms with Crippen LogP contribution in [-0.4, -0.2) is 16.2 Å². The van der Waals surface area contributed by atoms with E-state index in [1.807, 2.05) is 36.4 Å². The number of amides is 1. The Bertz CT molecular complexity index is 1110. The number of rotatable bonds is 5. The van der Waals surface area contributed by atoms with Gasteiger partial charge < -0.3 is 9.88 Å². The summed E-state index contributed by atoms with van der Waals surface area (Å²) < 4.78 is 3.23. The van der Waals surface area contributed by atoms with Crippen molar-refractivity contribution in [1.82, 2.24) is 4.57 Å². The number of fused-ring (bicyclic) bond motifs is 1. The molecular formula is C21H19BrN4OS. The second kappa shape index (κ2) is 8.24. The number of para-hydroxylation sites is 1.